The number of phenols is 1. The van der Waals surface area contributed by atoms with Gasteiger partial charge in [-0.05, 0) is 24.3 Å². The molecule has 2 aromatic carbocycles. The lowest BCUT2D eigenvalue weighted by Gasteiger charge is -1.91. The molecule has 2 N–H and O–H groups in total. The molecule has 4 nitrogen and oxygen atoms in total. The Bertz CT molecular complexity index is 636. The molecule has 0 aliphatic rings. The fourth-order valence-corrected chi connectivity index (χ4v) is 2.45. The number of sulfone groups is 1. The molecule has 0 amide bonds. The zero-order valence-electron chi connectivity index (χ0n) is 12.9. The van der Waals surface area contributed by atoms with Gasteiger partial charge in [-0.15, -0.1) is 0 Å². The van der Waals surface area contributed by atoms with Crippen molar-refractivity contribution in [2.24, 2.45) is 0 Å². The van der Waals surface area contributed by atoms with Crippen molar-refractivity contribution in [3.05, 3.63) is 62.8 Å². The maximum absolute atomic E-state index is 12.2. The van der Waals surface area contributed by atoms with Crippen LogP contribution in [0, 0.1) is 17.5 Å². The minimum Gasteiger partial charge on any atom is -0.508 e. The van der Waals surface area contributed by atoms with Crippen LogP contribution in [0.3, 0.4) is 0 Å². The van der Waals surface area contributed by atoms with E-state index in [1.807, 2.05) is 0 Å². The molecule has 0 aliphatic heterocycles. The Hall–Kier alpha value is -1.10. The smallest absolute Gasteiger partial charge is 0.149 e. The molecule has 0 spiro atoms. The van der Waals surface area contributed by atoms with Crippen LogP contribution >= 0.6 is 31.9 Å². The summed E-state index contributed by atoms with van der Waals surface area (Å²) < 4.78 is 57.7. The van der Waals surface area contributed by atoms with Crippen molar-refractivity contribution in [1.82, 2.24) is 0 Å². The summed E-state index contributed by atoms with van der Waals surface area (Å²) in [6.07, 6.45) is 1.09. The van der Waals surface area contributed by atoms with Crippen LogP contribution in [0.1, 0.15) is 0 Å². The van der Waals surface area contributed by atoms with E-state index in [1.165, 1.54) is 24.3 Å². The number of benzene rings is 2. The Morgan fingerprint density at radius 3 is 1.52 bits per heavy atom. The van der Waals surface area contributed by atoms with Gasteiger partial charge in [-0.1, -0.05) is 31.9 Å². The fraction of sp³-hybridized carbons (Fsp3) is 0.200. The van der Waals surface area contributed by atoms with Crippen molar-refractivity contribution < 1.29 is 31.8 Å². The Labute approximate surface area is 160 Å². The first kappa shape index (κ1) is 23.9. The fourth-order valence-electron chi connectivity index (χ4n) is 1.23. The molecule has 0 aliphatic carbocycles. The molecule has 2 aromatic rings. The molecule has 0 saturated heterocycles. The van der Waals surface area contributed by atoms with Gasteiger partial charge in [0.1, 0.15) is 33.0 Å². The number of aromatic hydroxyl groups is 1. The zero-order chi connectivity index (χ0) is 19.6. The number of rotatable bonds is 2. The molecule has 0 bridgehead atoms. The molecule has 0 unspecified atom stereocenters. The van der Waals surface area contributed by atoms with Crippen molar-refractivity contribution in [3.8, 4) is 5.75 Å². The monoisotopic (exact) mass is 506 g/mol. The van der Waals surface area contributed by atoms with Gasteiger partial charge < -0.3 is 10.2 Å². The highest BCUT2D eigenvalue weighted by Gasteiger charge is 1.97. The van der Waals surface area contributed by atoms with Gasteiger partial charge in [0.25, 0.3) is 0 Å². The summed E-state index contributed by atoms with van der Waals surface area (Å²) in [5.41, 5.74) is 0. The van der Waals surface area contributed by atoms with Gasteiger partial charge in [0.2, 0.25) is 0 Å². The first-order valence-electron chi connectivity index (χ1n) is 6.48. The summed E-state index contributed by atoms with van der Waals surface area (Å²) in [7, 11) is -2.92. The van der Waals surface area contributed by atoms with Gasteiger partial charge in [0, 0.05) is 27.3 Å². The average Bonchev–Trinajstić information content (AvgIpc) is 2.34. The molecule has 0 heterocycles. The molecule has 140 valence electrons. The second-order valence-corrected chi connectivity index (χ2v) is 8.66. The normalized spacial score (nSPS) is 10.2. The van der Waals surface area contributed by atoms with Crippen molar-refractivity contribution in [2.75, 3.05) is 18.6 Å². The highest BCUT2D eigenvalue weighted by molar-refractivity contribution is 9.10. The van der Waals surface area contributed by atoms with E-state index in [0.29, 0.717) is 8.95 Å². The van der Waals surface area contributed by atoms with Crippen LogP contribution in [-0.4, -0.2) is 37.2 Å². The van der Waals surface area contributed by atoms with E-state index in [4.69, 9.17) is 10.2 Å². The van der Waals surface area contributed by atoms with Crippen LogP contribution in [0.25, 0.3) is 0 Å². The van der Waals surface area contributed by atoms with E-state index in [9.17, 15) is 21.6 Å². The minimum absolute atomic E-state index is 0.0677. The van der Waals surface area contributed by atoms with Gasteiger partial charge in [0.05, 0.1) is 12.4 Å². The van der Waals surface area contributed by atoms with E-state index in [2.05, 4.69) is 31.9 Å². The molecule has 0 atom stereocenters. The van der Waals surface area contributed by atoms with Gasteiger partial charge >= 0.3 is 0 Å². The summed E-state index contributed by atoms with van der Waals surface area (Å²) in [6.45, 7) is -0.279. The van der Waals surface area contributed by atoms with Crippen molar-refractivity contribution in [1.29, 1.82) is 0 Å². The predicted octanol–water partition coefficient (Wildman–Crippen LogP) is 4.04. The average molecular weight is 508 g/mol. The van der Waals surface area contributed by atoms with Crippen molar-refractivity contribution >= 4 is 41.7 Å². The van der Waals surface area contributed by atoms with E-state index in [-0.39, 0.29) is 18.1 Å². The molecule has 2 rings (SSSR count). The Morgan fingerprint density at radius 1 is 0.880 bits per heavy atom. The first-order chi connectivity index (χ1) is 11.4. The Kier molecular flexibility index (Phi) is 11.0. The van der Waals surface area contributed by atoms with Crippen LogP contribution in [-0.2, 0) is 9.84 Å². The molecule has 0 saturated carbocycles. The van der Waals surface area contributed by atoms with E-state index in [1.54, 1.807) is 0 Å². The number of hydrogen-bond acceptors (Lipinski definition) is 4. The molecule has 0 fully saturated rings. The maximum atomic E-state index is 12.2. The van der Waals surface area contributed by atoms with Crippen LogP contribution in [0.15, 0.2) is 45.3 Å². The zero-order valence-corrected chi connectivity index (χ0v) is 16.9. The summed E-state index contributed by atoms with van der Waals surface area (Å²) in [6, 6.07) is 6.96. The second-order valence-electron chi connectivity index (χ2n) is 4.57. The highest BCUT2D eigenvalue weighted by Crippen LogP contribution is 2.18. The van der Waals surface area contributed by atoms with E-state index >= 15 is 0 Å². The predicted molar refractivity (Wildman–Crippen MR) is 96.6 cm³/mol. The standard InChI is InChI=1S/C6H3BrF2.C6H4BrFO.C3H8O3S/c2*7-4-1-5(8)3-6(9)2-4;1-7(5,6)3-2-4/h1-3H;1-3,9H;4H,2-3H2,1H3. The third-order valence-corrected chi connectivity index (χ3v) is 3.98. The number of hydrogen-bond donors (Lipinski definition) is 2. The van der Waals surface area contributed by atoms with Gasteiger partial charge in [-0.3, -0.25) is 0 Å². The second kappa shape index (κ2) is 11.5. The molecule has 0 aromatic heterocycles. The molecule has 25 heavy (non-hydrogen) atoms. The SMILES string of the molecule is CS(=O)(=O)CCO.Fc1cc(F)cc(Br)c1.Oc1cc(F)cc(Br)c1. The minimum atomic E-state index is -2.92. The van der Waals surface area contributed by atoms with Gasteiger partial charge in [-0.25, -0.2) is 21.6 Å². The van der Waals surface area contributed by atoms with Crippen LogP contribution in [0.5, 0.6) is 5.75 Å². The summed E-state index contributed by atoms with van der Waals surface area (Å²) in [5.74, 6) is -1.78. The number of aliphatic hydroxyl groups is 1. The van der Waals surface area contributed by atoms with Gasteiger partial charge in [0.15, 0.2) is 0 Å². The Morgan fingerprint density at radius 2 is 1.28 bits per heavy atom. The Balaban J connectivity index is 0.000000350. The first-order valence-corrected chi connectivity index (χ1v) is 10.1. The number of aliphatic hydroxyl groups excluding tert-OH is 1. The quantitative estimate of drug-likeness (QED) is 0.643. The summed E-state index contributed by atoms with van der Waals surface area (Å²) in [5, 5.41) is 16.7. The lowest BCUT2D eigenvalue weighted by molar-refractivity contribution is 0.320. The summed E-state index contributed by atoms with van der Waals surface area (Å²) in [4.78, 5) is 0. The van der Waals surface area contributed by atoms with E-state index < -0.39 is 27.3 Å². The number of halogens is 5. The van der Waals surface area contributed by atoms with Crippen molar-refractivity contribution in [3.63, 3.8) is 0 Å². The van der Waals surface area contributed by atoms with Crippen LogP contribution in [0.2, 0.25) is 0 Å². The lowest BCUT2D eigenvalue weighted by Crippen LogP contribution is -2.05. The van der Waals surface area contributed by atoms with E-state index in [0.717, 1.165) is 18.4 Å². The molecular weight excluding hydrogens is 493 g/mol. The maximum Gasteiger partial charge on any atom is 0.149 e. The largest absolute Gasteiger partial charge is 0.508 e. The third-order valence-electron chi connectivity index (χ3n) is 2.14. The number of phenolic OH excluding ortho intramolecular Hbond substituents is 1. The summed E-state index contributed by atoms with van der Waals surface area (Å²) >= 11 is 5.95. The van der Waals surface area contributed by atoms with Crippen LogP contribution < -0.4 is 0 Å². The molecule has 0 radical (unpaired) electrons. The van der Waals surface area contributed by atoms with Gasteiger partial charge in [-0.2, -0.15) is 0 Å². The lowest BCUT2D eigenvalue weighted by atomic mass is 10.3. The third kappa shape index (κ3) is 13.8. The molecule has 10 heteroatoms. The molecular formula is C15H15Br2F3O4S. The highest BCUT2D eigenvalue weighted by atomic mass is 79.9. The topological polar surface area (TPSA) is 74.6 Å². The van der Waals surface area contributed by atoms with Crippen LogP contribution in [0.4, 0.5) is 13.2 Å². The van der Waals surface area contributed by atoms with Crippen molar-refractivity contribution in [2.45, 2.75) is 0 Å².